The van der Waals surface area contributed by atoms with Crippen LogP contribution in [0.25, 0.3) is 0 Å². The van der Waals surface area contributed by atoms with Crippen molar-refractivity contribution in [3.63, 3.8) is 0 Å². The number of hydrogen-bond acceptors (Lipinski definition) is 2. The summed E-state index contributed by atoms with van der Waals surface area (Å²) < 4.78 is 13.6. The minimum Gasteiger partial charge on any atom is -0.478 e. The first-order valence-electron chi connectivity index (χ1n) is 5.67. The molecule has 5 heteroatoms. The van der Waals surface area contributed by atoms with Gasteiger partial charge in [-0.2, -0.15) is 0 Å². The van der Waals surface area contributed by atoms with Crippen molar-refractivity contribution in [3.05, 3.63) is 29.6 Å². The van der Waals surface area contributed by atoms with Crippen molar-refractivity contribution in [2.45, 2.75) is 20.8 Å². The lowest BCUT2D eigenvalue weighted by Crippen LogP contribution is -2.25. The van der Waals surface area contributed by atoms with Gasteiger partial charge in [-0.3, -0.25) is 4.79 Å². The Kier molecular flexibility index (Phi) is 4.42. The Morgan fingerprint density at radius 1 is 1.28 bits per heavy atom. The van der Waals surface area contributed by atoms with Crippen LogP contribution < -0.4 is 5.32 Å². The second-order valence-electron chi connectivity index (χ2n) is 4.49. The minimum absolute atomic E-state index is 0.0880. The molecule has 1 aromatic carbocycles. The lowest BCUT2D eigenvalue weighted by Gasteiger charge is -2.16. The molecule has 0 aliphatic heterocycles. The number of nitrogens with one attached hydrogen (secondary N) is 1. The van der Waals surface area contributed by atoms with Crippen LogP contribution >= 0.6 is 0 Å². The van der Waals surface area contributed by atoms with Gasteiger partial charge in [0.2, 0.25) is 5.91 Å². The average Bonchev–Trinajstić information content (AvgIpc) is 2.30. The minimum atomic E-state index is -1.28. The van der Waals surface area contributed by atoms with Crippen molar-refractivity contribution < 1.29 is 19.1 Å². The van der Waals surface area contributed by atoms with E-state index in [2.05, 4.69) is 5.32 Å². The van der Waals surface area contributed by atoms with E-state index in [0.717, 1.165) is 6.07 Å². The molecular formula is C13H16FNO3. The van der Waals surface area contributed by atoms with Crippen molar-refractivity contribution in [2.24, 2.45) is 11.8 Å². The summed E-state index contributed by atoms with van der Waals surface area (Å²) in [6, 6.07) is 3.66. The smallest absolute Gasteiger partial charge is 0.337 e. The zero-order valence-electron chi connectivity index (χ0n) is 10.5. The highest BCUT2D eigenvalue weighted by Crippen LogP contribution is 2.22. The molecule has 0 radical (unpaired) electrons. The zero-order chi connectivity index (χ0) is 13.9. The van der Waals surface area contributed by atoms with E-state index in [1.54, 1.807) is 6.92 Å². The second kappa shape index (κ2) is 5.62. The number of carbonyl (C=O) groups is 2. The third-order valence-corrected chi connectivity index (χ3v) is 2.91. The molecule has 18 heavy (non-hydrogen) atoms. The molecule has 0 aliphatic rings. The fourth-order valence-corrected chi connectivity index (χ4v) is 1.37. The first kappa shape index (κ1) is 14.2. The van der Waals surface area contributed by atoms with E-state index in [-0.39, 0.29) is 23.1 Å². The monoisotopic (exact) mass is 253 g/mol. The van der Waals surface area contributed by atoms with Gasteiger partial charge in [0.25, 0.3) is 0 Å². The Bertz CT molecular complexity index is 471. The maximum absolute atomic E-state index is 13.6. The van der Waals surface area contributed by atoms with Crippen molar-refractivity contribution in [3.8, 4) is 0 Å². The van der Waals surface area contributed by atoms with Crippen molar-refractivity contribution >= 4 is 17.6 Å². The molecule has 1 aromatic rings. The van der Waals surface area contributed by atoms with Crippen LogP contribution in [0.5, 0.6) is 0 Å². The summed E-state index contributed by atoms with van der Waals surface area (Å²) in [6.45, 7) is 5.44. The van der Waals surface area contributed by atoms with Gasteiger partial charge in [0, 0.05) is 5.92 Å². The summed E-state index contributed by atoms with van der Waals surface area (Å²) in [5, 5.41) is 11.3. The predicted octanol–water partition coefficient (Wildman–Crippen LogP) is 2.75. The van der Waals surface area contributed by atoms with Crippen LogP contribution in [0.1, 0.15) is 31.1 Å². The Balaban J connectivity index is 3.04. The normalized spacial score (nSPS) is 12.3. The van der Waals surface area contributed by atoms with E-state index in [0.29, 0.717) is 0 Å². The molecule has 2 N–H and O–H groups in total. The lowest BCUT2D eigenvalue weighted by atomic mass is 9.97. The summed E-state index contributed by atoms with van der Waals surface area (Å²) in [5.74, 6) is -2.66. The van der Waals surface area contributed by atoms with Crippen LogP contribution in [0.3, 0.4) is 0 Å². The van der Waals surface area contributed by atoms with Crippen LogP contribution in [-0.2, 0) is 4.79 Å². The fraction of sp³-hybridized carbons (Fsp3) is 0.385. The van der Waals surface area contributed by atoms with E-state index < -0.39 is 17.7 Å². The number of aromatic carboxylic acids is 1. The first-order valence-corrected chi connectivity index (χ1v) is 5.67. The standard InChI is InChI=1S/C13H16FNO3/c1-7(2)8(3)12(16)15-11-9(13(17)18)5-4-6-10(11)14/h4-8H,1-3H3,(H,15,16)(H,17,18). The van der Waals surface area contributed by atoms with Gasteiger partial charge in [-0.25, -0.2) is 9.18 Å². The van der Waals surface area contributed by atoms with Gasteiger partial charge < -0.3 is 10.4 Å². The molecule has 0 spiro atoms. The number of amides is 1. The molecule has 0 heterocycles. The molecule has 1 rings (SSSR count). The SMILES string of the molecule is CC(C)C(C)C(=O)Nc1c(F)cccc1C(=O)O. The maximum Gasteiger partial charge on any atom is 0.337 e. The summed E-state index contributed by atoms with van der Waals surface area (Å²) >= 11 is 0. The van der Waals surface area contributed by atoms with Crippen LogP contribution in [0.4, 0.5) is 10.1 Å². The third-order valence-electron chi connectivity index (χ3n) is 2.91. The van der Waals surface area contributed by atoms with Gasteiger partial charge in [-0.1, -0.05) is 26.8 Å². The van der Waals surface area contributed by atoms with Gasteiger partial charge in [0.1, 0.15) is 5.82 Å². The number of benzene rings is 1. The topological polar surface area (TPSA) is 66.4 Å². The third kappa shape index (κ3) is 3.06. The summed E-state index contributed by atoms with van der Waals surface area (Å²) in [4.78, 5) is 22.8. The van der Waals surface area contributed by atoms with E-state index in [1.165, 1.54) is 12.1 Å². The van der Waals surface area contributed by atoms with E-state index >= 15 is 0 Å². The molecule has 98 valence electrons. The van der Waals surface area contributed by atoms with Crippen LogP contribution in [-0.4, -0.2) is 17.0 Å². The number of anilines is 1. The van der Waals surface area contributed by atoms with Gasteiger partial charge in [0.05, 0.1) is 11.3 Å². The summed E-state index contributed by atoms with van der Waals surface area (Å²) in [5.41, 5.74) is -0.526. The Morgan fingerprint density at radius 3 is 2.39 bits per heavy atom. The van der Waals surface area contributed by atoms with Crippen molar-refractivity contribution in [2.75, 3.05) is 5.32 Å². The Hall–Kier alpha value is -1.91. The summed E-state index contributed by atoms with van der Waals surface area (Å²) in [6.07, 6.45) is 0. The molecule has 0 fully saturated rings. The molecule has 0 saturated heterocycles. The van der Waals surface area contributed by atoms with E-state index in [9.17, 15) is 14.0 Å². The lowest BCUT2D eigenvalue weighted by molar-refractivity contribution is -0.120. The van der Waals surface area contributed by atoms with Crippen molar-refractivity contribution in [1.29, 1.82) is 0 Å². The number of para-hydroxylation sites is 1. The number of carbonyl (C=O) groups excluding carboxylic acids is 1. The predicted molar refractivity (Wildman–Crippen MR) is 66.0 cm³/mol. The average molecular weight is 253 g/mol. The quantitative estimate of drug-likeness (QED) is 0.867. The highest BCUT2D eigenvalue weighted by atomic mass is 19.1. The molecule has 0 saturated carbocycles. The van der Waals surface area contributed by atoms with Crippen molar-refractivity contribution in [1.82, 2.24) is 0 Å². The largest absolute Gasteiger partial charge is 0.478 e. The molecule has 4 nitrogen and oxygen atoms in total. The van der Waals surface area contributed by atoms with E-state index in [1.807, 2.05) is 13.8 Å². The second-order valence-corrected chi connectivity index (χ2v) is 4.49. The molecule has 1 unspecified atom stereocenters. The van der Waals surface area contributed by atoms with E-state index in [4.69, 9.17) is 5.11 Å². The van der Waals surface area contributed by atoms with Crippen LogP contribution in [0, 0.1) is 17.7 Å². The maximum atomic E-state index is 13.6. The highest BCUT2D eigenvalue weighted by Gasteiger charge is 2.21. The highest BCUT2D eigenvalue weighted by molar-refractivity contribution is 6.01. The summed E-state index contributed by atoms with van der Waals surface area (Å²) in [7, 11) is 0. The van der Waals surface area contributed by atoms with Gasteiger partial charge >= 0.3 is 5.97 Å². The molecule has 1 amide bonds. The zero-order valence-corrected chi connectivity index (χ0v) is 10.5. The number of halogens is 1. The van der Waals surface area contributed by atoms with Crippen LogP contribution in [0.2, 0.25) is 0 Å². The first-order chi connectivity index (χ1) is 8.34. The van der Waals surface area contributed by atoms with Gasteiger partial charge in [0.15, 0.2) is 0 Å². The van der Waals surface area contributed by atoms with Crippen LogP contribution in [0.15, 0.2) is 18.2 Å². The number of carboxylic acid groups (broad SMARTS) is 1. The molecule has 0 bridgehead atoms. The Morgan fingerprint density at radius 2 is 1.89 bits per heavy atom. The molecular weight excluding hydrogens is 237 g/mol. The number of hydrogen-bond donors (Lipinski definition) is 2. The fourth-order valence-electron chi connectivity index (χ4n) is 1.37. The van der Waals surface area contributed by atoms with Gasteiger partial charge in [-0.15, -0.1) is 0 Å². The molecule has 0 aliphatic carbocycles. The number of carboxylic acids is 1. The number of rotatable bonds is 4. The molecule has 0 aromatic heterocycles. The van der Waals surface area contributed by atoms with Gasteiger partial charge in [-0.05, 0) is 18.1 Å². The Labute approximate surface area is 105 Å². The molecule has 1 atom stereocenters.